The predicted molar refractivity (Wildman–Crippen MR) is 77.2 cm³/mol. The Bertz CT molecular complexity index is 513. The third kappa shape index (κ3) is 4.09. The van der Waals surface area contributed by atoms with E-state index in [-0.39, 0.29) is 5.91 Å². The summed E-state index contributed by atoms with van der Waals surface area (Å²) in [5.74, 6) is 0.373. The Morgan fingerprint density at radius 1 is 1.06 bits per heavy atom. The molecule has 0 aliphatic carbocycles. The molecule has 18 heavy (non-hydrogen) atoms. The van der Waals surface area contributed by atoms with Crippen LogP contribution in [-0.4, -0.2) is 11.7 Å². The van der Waals surface area contributed by atoms with E-state index in [0.717, 1.165) is 10.6 Å². The Morgan fingerprint density at radius 2 is 1.72 bits per heavy atom. The number of benzene rings is 2. The number of anilines is 1. The molecular formula is C14H12ClNOS. The fraction of sp³-hybridized carbons (Fsp3) is 0.0714. The minimum atomic E-state index is -0.0221. The lowest BCUT2D eigenvalue weighted by Gasteiger charge is -2.05. The van der Waals surface area contributed by atoms with Crippen LogP contribution in [0.4, 0.5) is 5.69 Å². The van der Waals surface area contributed by atoms with Gasteiger partial charge in [-0.25, -0.2) is 0 Å². The molecule has 0 aliphatic heterocycles. The highest BCUT2D eigenvalue weighted by molar-refractivity contribution is 8.00. The fourth-order valence-corrected chi connectivity index (χ4v) is 2.24. The van der Waals surface area contributed by atoms with Crippen LogP contribution in [0.1, 0.15) is 0 Å². The summed E-state index contributed by atoms with van der Waals surface area (Å²) >= 11 is 7.29. The van der Waals surface area contributed by atoms with Gasteiger partial charge in [0.05, 0.1) is 5.75 Å². The Labute approximate surface area is 115 Å². The van der Waals surface area contributed by atoms with Crippen molar-refractivity contribution >= 4 is 35.0 Å². The summed E-state index contributed by atoms with van der Waals surface area (Å²) in [6.07, 6.45) is 0. The van der Waals surface area contributed by atoms with Crippen molar-refractivity contribution in [3.05, 3.63) is 59.6 Å². The number of rotatable bonds is 4. The molecule has 0 fully saturated rings. The van der Waals surface area contributed by atoms with Gasteiger partial charge in [-0.05, 0) is 36.4 Å². The van der Waals surface area contributed by atoms with Gasteiger partial charge in [0.1, 0.15) is 0 Å². The molecule has 4 heteroatoms. The standard InChI is InChI=1S/C14H12ClNOS/c15-11-6-8-12(9-7-11)16-14(17)10-18-13-4-2-1-3-5-13/h1-9H,10H2,(H,16,17). The summed E-state index contributed by atoms with van der Waals surface area (Å²) in [7, 11) is 0. The average molecular weight is 278 g/mol. The fourth-order valence-electron chi connectivity index (χ4n) is 1.40. The Kier molecular flexibility index (Phi) is 4.67. The first kappa shape index (κ1) is 13.0. The SMILES string of the molecule is O=C(CSc1ccccc1)Nc1ccc(Cl)cc1. The van der Waals surface area contributed by atoms with Crippen molar-refractivity contribution in [3.8, 4) is 0 Å². The van der Waals surface area contributed by atoms with E-state index in [9.17, 15) is 4.79 Å². The Morgan fingerprint density at radius 3 is 2.39 bits per heavy atom. The van der Waals surface area contributed by atoms with Crippen molar-refractivity contribution in [1.29, 1.82) is 0 Å². The second kappa shape index (κ2) is 6.47. The van der Waals surface area contributed by atoms with Gasteiger partial charge in [-0.2, -0.15) is 0 Å². The number of hydrogen-bond donors (Lipinski definition) is 1. The molecule has 0 radical (unpaired) electrons. The molecule has 2 nitrogen and oxygen atoms in total. The molecule has 0 aliphatic rings. The van der Waals surface area contributed by atoms with Crippen molar-refractivity contribution in [2.45, 2.75) is 4.90 Å². The summed E-state index contributed by atoms with van der Waals surface area (Å²) in [5, 5.41) is 3.48. The summed E-state index contributed by atoms with van der Waals surface area (Å²) in [6.45, 7) is 0. The lowest BCUT2D eigenvalue weighted by atomic mass is 10.3. The predicted octanol–water partition coefficient (Wildman–Crippen LogP) is 4.07. The van der Waals surface area contributed by atoms with Crippen LogP contribution in [0, 0.1) is 0 Å². The summed E-state index contributed by atoms with van der Waals surface area (Å²) < 4.78 is 0. The molecule has 2 rings (SSSR count). The summed E-state index contributed by atoms with van der Waals surface area (Å²) in [4.78, 5) is 12.8. The molecule has 0 spiro atoms. The number of nitrogens with one attached hydrogen (secondary N) is 1. The van der Waals surface area contributed by atoms with Gasteiger partial charge in [0.15, 0.2) is 0 Å². The second-order valence-corrected chi connectivity index (χ2v) is 5.14. The van der Waals surface area contributed by atoms with E-state index in [0.29, 0.717) is 10.8 Å². The number of halogens is 1. The highest BCUT2D eigenvalue weighted by Gasteiger charge is 2.03. The molecule has 0 aromatic heterocycles. The van der Waals surface area contributed by atoms with E-state index >= 15 is 0 Å². The molecule has 0 heterocycles. The normalized spacial score (nSPS) is 10.1. The lowest BCUT2D eigenvalue weighted by Crippen LogP contribution is -2.13. The van der Waals surface area contributed by atoms with E-state index in [1.165, 1.54) is 11.8 Å². The number of carbonyl (C=O) groups is 1. The Balaban J connectivity index is 1.84. The maximum atomic E-state index is 11.7. The van der Waals surface area contributed by atoms with Gasteiger partial charge in [-0.15, -0.1) is 11.8 Å². The van der Waals surface area contributed by atoms with Crippen LogP contribution in [0.2, 0.25) is 5.02 Å². The van der Waals surface area contributed by atoms with Gasteiger partial charge in [-0.3, -0.25) is 4.79 Å². The highest BCUT2D eigenvalue weighted by Crippen LogP contribution is 2.18. The minimum Gasteiger partial charge on any atom is -0.325 e. The van der Waals surface area contributed by atoms with Crippen LogP contribution in [0.3, 0.4) is 0 Å². The lowest BCUT2D eigenvalue weighted by molar-refractivity contribution is -0.113. The molecule has 0 unspecified atom stereocenters. The first-order chi connectivity index (χ1) is 8.74. The average Bonchev–Trinajstić information content (AvgIpc) is 2.40. The first-order valence-corrected chi connectivity index (χ1v) is 6.84. The third-order valence-corrected chi connectivity index (χ3v) is 3.51. The van der Waals surface area contributed by atoms with Crippen LogP contribution in [0.25, 0.3) is 0 Å². The van der Waals surface area contributed by atoms with E-state index in [1.807, 2.05) is 30.3 Å². The van der Waals surface area contributed by atoms with Gasteiger partial charge in [0, 0.05) is 15.6 Å². The van der Waals surface area contributed by atoms with Gasteiger partial charge < -0.3 is 5.32 Å². The van der Waals surface area contributed by atoms with Crippen LogP contribution >= 0.6 is 23.4 Å². The summed E-state index contributed by atoms with van der Waals surface area (Å²) in [5.41, 5.74) is 0.762. The topological polar surface area (TPSA) is 29.1 Å². The molecule has 0 atom stereocenters. The Hall–Kier alpha value is -1.45. The van der Waals surface area contributed by atoms with E-state index < -0.39 is 0 Å². The van der Waals surface area contributed by atoms with Crippen LogP contribution in [0.15, 0.2) is 59.5 Å². The van der Waals surface area contributed by atoms with Crippen molar-refractivity contribution in [3.63, 3.8) is 0 Å². The van der Waals surface area contributed by atoms with Gasteiger partial charge in [-0.1, -0.05) is 29.8 Å². The highest BCUT2D eigenvalue weighted by atomic mass is 35.5. The molecule has 0 saturated carbocycles. The molecule has 1 amide bonds. The quantitative estimate of drug-likeness (QED) is 0.854. The summed E-state index contributed by atoms with van der Waals surface area (Å²) in [6, 6.07) is 16.9. The van der Waals surface area contributed by atoms with E-state index in [4.69, 9.17) is 11.6 Å². The number of carbonyl (C=O) groups excluding carboxylic acids is 1. The van der Waals surface area contributed by atoms with Gasteiger partial charge in [0.25, 0.3) is 0 Å². The zero-order valence-electron chi connectivity index (χ0n) is 9.60. The molecule has 0 saturated heterocycles. The van der Waals surface area contributed by atoms with E-state index in [2.05, 4.69) is 5.32 Å². The van der Waals surface area contributed by atoms with E-state index in [1.54, 1.807) is 24.3 Å². The van der Waals surface area contributed by atoms with Crippen molar-refractivity contribution < 1.29 is 4.79 Å². The molecule has 92 valence electrons. The number of hydrogen-bond acceptors (Lipinski definition) is 2. The molecule has 0 bridgehead atoms. The molecular weight excluding hydrogens is 266 g/mol. The zero-order chi connectivity index (χ0) is 12.8. The minimum absolute atomic E-state index is 0.0221. The van der Waals surface area contributed by atoms with Gasteiger partial charge in [0.2, 0.25) is 5.91 Å². The second-order valence-electron chi connectivity index (χ2n) is 3.66. The van der Waals surface area contributed by atoms with Crippen molar-refractivity contribution in [2.75, 3.05) is 11.1 Å². The van der Waals surface area contributed by atoms with Crippen molar-refractivity contribution in [2.24, 2.45) is 0 Å². The largest absolute Gasteiger partial charge is 0.325 e. The molecule has 2 aromatic rings. The zero-order valence-corrected chi connectivity index (χ0v) is 11.2. The third-order valence-electron chi connectivity index (χ3n) is 2.24. The number of amides is 1. The van der Waals surface area contributed by atoms with Crippen molar-refractivity contribution in [1.82, 2.24) is 0 Å². The van der Waals surface area contributed by atoms with Crippen LogP contribution in [0.5, 0.6) is 0 Å². The molecule has 2 aromatic carbocycles. The molecule has 1 N–H and O–H groups in total. The van der Waals surface area contributed by atoms with Gasteiger partial charge >= 0.3 is 0 Å². The van der Waals surface area contributed by atoms with Crippen LogP contribution < -0.4 is 5.32 Å². The van der Waals surface area contributed by atoms with Crippen LogP contribution in [-0.2, 0) is 4.79 Å². The maximum Gasteiger partial charge on any atom is 0.234 e. The number of thioether (sulfide) groups is 1. The first-order valence-electron chi connectivity index (χ1n) is 5.47. The maximum absolute atomic E-state index is 11.7. The smallest absolute Gasteiger partial charge is 0.234 e. The monoisotopic (exact) mass is 277 g/mol.